The van der Waals surface area contributed by atoms with E-state index < -0.39 is 23.2 Å². The highest BCUT2D eigenvalue weighted by molar-refractivity contribution is 6.03. The molecule has 0 aliphatic carbocycles. The van der Waals surface area contributed by atoms with E-state index >= 15 is 0 Å². The number of nitrogens with one attached hydrogen (secondary N) is 2. The van der Waals surface area contributed by atoms with E-state index in [9.17, 15) is 18.4 Å². The van der Waals surface area contributed by atoms with Crippen molar-refractivity contribution in [2.45, 2.75) is 0 Å². The number of rotatable bonds is 3. The number of nitrogens with zero attached hydrogens (tertiary/aromatic N) is 1. The van der Waals surface area contributed by atoms with E-state index in [-0.39, 0.29) is 17.1 Å². The quantitative estimate of drug-likeness (QED) is 0.776. The van der Waals surface area contributed by atoms with Crippen LogP contribution in [0.15, 0.2) is 59.4 Å². The summed E-state index contributed by atoms with van der Waals surface area (Å²) in [7, 11) is 0. The molecule has 7 heteroatoms. The minimum Gasteiger partial charge on any atom is -0.321 e. The van der Waals surface area contributed by atoms with Crippen molar-refractivity contribution < 1.29 is 13.6 Å². The van der Waals surface area contributed by atoms with Crippen LogP contribution in [0.4, 0.5) is 14.5 Å². The number of H-pyrrole nitrogens is 1. The van der Waals surface area contributed by atoms with Gasteiger partial charge in [0, 0.05) is 11.3 Å². The Balaban J connectivity index is 1.92. The second kappa shape index (κ2) is 6.41. The van der Waals surface area contributed by atoms with Crippen molar-refractivity contribution in [2.75, 3.05) is 5.32 Å². The summed E-state index contributed by atoms with van der Waals surface area (Å²) in [5.41, 5.74) is 0.200. The molecule has 0 saturated carbocycles. The molecule has 0 atom stereocenters. The van der Waals surface area contributed by atoms with Gasteiger partial charge in [0.05, 0.1) is 5.69 Å². The van der Waals surface area contributed by atoms with E-state index in [0.29, 0.717) is 5.56 Å². The van der Waals surface area contributed by atoms with Crippen molar-refractivity contribution in [3.63, 3.8) is 0 Å². The molecule has 2 aromatic carbocycles. The van der Waals surface area contributed by atoms with Crippen LogP contribution in [0.1, 0.15) is 10.5 Å². The van der Waals surface area contributed by atoms with E-state index in [1.807, 2.05) is 0 Å². The van der Waals surface area contributed by atoms with Crippen molar-refractivity contribution in [1.29, 1.82) is 0 Å². The van der Waals surface area contributed by atoms with Gasteiger partial charge in [0.15, 0.2) is 0 Å². The molecule has 1 aromatic heterocycles. The normalized spacial score (nSPS) is 10.4. The summed E-state index contributed by atoms with van der Waals surface area (Å²) in [4.78, 5) is 30.0. The number of hydrogen-bond donors (Lipinski definition) is 2. The first-order valence-electron chi connectivity index (χ1n) is 6.95. The Morgan fingerprint density at radius 2 is 1.75 bits per heavy atom. The molecule has 2 N–H and O–H groups in total. The smallest absolute Gasteiger partial charge is 0.321 e. The van der Waals surface area contributed by atoms with E-state index in [1.54, 1.807) is 0 Å². The molecule has 0 aliphatic rings. The minimum absolute atomic E-state index is 0.0430. The van der Waals surface area contributed by atoms with E-state index in [1.165, 1.54) is 48.5 Å². The van der Waals surface area contributed by atoms with Crippen molar-refractivity contribution in [1.82, 2.24) is 9.97 Å². The number of carbonyl (C=O) groups excluding carboxylic acids is 1. The highest BCUT2D eigenvalue weighted by Gasteiger charge is 2.11. The molecule has 0 saturated heterocycles. The molecule has 0 bridgehead atoms. The van der Waals surface area contributed by atoms with Gasteiger partial charge in [-0.1, -0.05) is 6.07 Å². The van der Waals surface area contributed by atoms with Gasteiger partial charge in [0.1, 0.15) is 17.3 Å². The summed E-state index contributed by atoms with van der Waals surface area (Å²) in [6.07, 6.45) is 0. The SMILES string of the molecule is O=C(Nc1cccc(F)c1)c1cc(-c2ccc(F)cc2)nc(=O)[nH]1. The van der Waals surface area contributed by atoms with E-state index in [2.05, 4.69) is 15.3 Å². The maximum atomic E-state index is 13.2. The molecule has 24 heavy (non-hydrogen) atoms. The van der Waals surface area contributed by atoms with Crippen molar-refractivity contribution in [3.05, 3.63) is 82.4 Å². The molecule has 0 unspecified atom stereocenters. The molecular weight excluding hydrogens is 316 g/mol. The van der Waals surface area contributed by atoms with Crippen LogP contribution in [0.3, 0.4) is 0 Å². The molecule has 3 aromatic rings. The number of amides is 1. The molecule has 1 amide bonds. The lowest BCUT2D eigenvalue weighted by Gasteiger charge is -2.07. The predicted octanol–water partition coefficient (Wildman–Crippen LogP) is 2.97. The molecule has 0 radical (unpaired) electrons. The summed E-state index contributed by atoms with van der Waals surface area (Å²) in [6, 6.07) is 12.1. The van der Waals surface area contributed by atoms with Crippen LogP contribution in [-0.4, -0.2) is 15.9 Å². The molecule has 120 valence electrons. The van der Waals surface area contributed by atoms with Gasteiger partial charge in [-0.25, -0.2) is 13.6 Å². The van der Waals surface area contributed by atoms with Crippen LogP contribution in [0.5, 0.6) is 0 Å². The van der Waals surface area contributed by atoms with E-state index in [0.717, 1.165) is 6.07 Å². The third-order valence-corrected chi connectivity index (χ3v) is 3.21. The molecule has 0 spiro atoms. The van der Waals surface area contributed by atoms with Crippen LogP contribution in [0.2, 0.25) is 0 Å². The highest BCUT2D eigenvalue weighted by Crippen LogP contribution is 2.17. The zero-order valence-corrected chi connectivity index (χ0v) is 12.2. The number of benzene rings is 2. The highest BCUT2D eigenvalue weighted by atomic mass is 19.1. The van der Waals surface area contributed by atoms with Gasteiger partial charge in [-0.3, -0.25) is 4.79 Å². The lowest BCUT2D eigenvalue weighted by molar-refractivity contribution is 0.102. The van der Waals surface area contributed by atoms with Crippen LogP contribution >= 0.6 is 0 Å². The zero-order valence-electron chi connectivity index (χ0n) is 12.2. The van der Waals surface area contributed by atoms with E-state index in [4.69, 9.17) is 0 Å². The predicted molar refractivity (Wildman–Crippen MR) is 84.6 cm³/mol. The Hall–Kier alpha value is -3.35. The minimum atomic E-state index is -0.721. The number of aromatic amines is 1. The fourth-order valence-corrected chi connectivity index (χ4v) is 2.11. The van der Waals surface area contributed by atoms with Crippen LogP contribution in [0, 0.1) is 11.6 Å². The Morgan fingerprint density at radius 3 is 2.46 bits per heavy atom. The number of carbonyl (C=O) groups is 1. The first kappa shape index (κ1) is 15.5. The largest absolute Gasteiger partial charge is 0.346 e. The van der Waals surface area contributed by atoms with Crippen molar-refractivity contribution in [3.8, 4) is 11.3 Å². The summed E-state index contributed by atoms with van der Waals surface area (Å²) in [5, 5.41) is 2.48. The number of halogens is 2. The maximum absolute atomic E-state index is 13.2. The van der Waals surface area contributed by atoms with Crippen LogP contribution in [-0.2, 0) is 0 Å². The topological polar surface area (TPSA) is 74.8 Å². The molecule has 3 rings (SSSR count). The van der Waals surface area contributed by atoms with Crippen molar-refractivity contribution >= 4 is 11.6 Å². The third-order valence-electron chi connectivity index (χ3n) is 3.21. The van der Waals surface area contributed by atoms with Gasteiger partial charge in [0.25, 0.3) is 5.91 Å². The second-order valence-electron chi connectivity index (χ2n) is 4.96. The summed E-state index contributed by atoms with van der Waals surface area (Å²) < 4.78 is 26.1. The molecule has 1 heterocycles. The zero-order chi connectivity index (χ0) is 17.1. The summed E-state index contributed by atoms with van der Waals surface area (Å²) in [6.45, 7) is 0. The van der Waals surface area contributed by atoms with Gasteiger partial charge >= 0.3 is 5.69 Å². The van der Waals surface area contributed by atoms with Crippen LogP contribution in [0.25, 0.3) is 11.3 Å². The van der Waals surface area contributed by atoms with Gasteiger partial charge in [-0.15, -0.1) is 0 Å². The molecule has 5 nitrogen and oxygen atoms in total. The lowest BCUT2D eigenvalue weighted by Crippen LogP contribution is -2.21. The Kier molecular flexibility index (Phi) is 4.15. The second-order valence-corrected chi connectivity index (χ2v) is 4.96. The fraction of sp³-hybridized carbons (Fsp3) is 0. The Morgan fingerprint density at radius 1 is 1.00 bits per heavy atom. The van der Waals surface area contributed by atoms with Gasteiger partial charge in [-0.05, 0) is 48.5 Å². The molecule has 0 fully saturated rings. The fourth-order valence-electron chi connectivity index (χ4n) is 2.11. The van der Waals surface area contributed by atoms with Crippen LogP contribution < -0.4 is 11.0 Å². The number of hydrogen-bond acceptors (Lipinski definition) is 3. The lowest BCUT2D eigenvalue weighted by atomic mass is 10.1. The van der Waals surface area contributed by atoms with Gasteiger partial charge < -0.3 is 10.3 Å². The standard InChI is InChI=1S/C17H11F2N3O2/c18-11-6-4-10(5-7-11)14-9-15(22-17(24)21-14)16(23)20-13-3-1-2-12(19)8-13/h1-9H,(H,20,23)(H,21,22,24). The summed E-state index contributed by atoms with van der Waals surface area (Å²) >= 11 is 0. The Bertz CT molecular complexity index is 953. The summed E-state index contributed by atoms with van der Waals surface area (Å²) in [5.74, 6) is -1.54. The maximum Gasteiger partial charge on any atom is 0.346 e. The first-order chi connectivity index (χ1) is 11.5. The van der Waals surface area contributed by atoms with Gasteiger partial charge in [-0.2, -0.15) is 4.98 Å². The first-order valence-corrected chi connectivity index (χ1v) is 6.95. The average Bonchev–Trinajstić information content (AvgIpc) is 2.55. The number of aromatic nitrogens is 2. The number of anilines is 1. The van der Waals surface area contributed by atoms with Crippen molar-refractivity contribution in [2.24, 2.45) is 0 Å². The average molecular weight is 327 g/mol. The van der Waals surface area contributed by atoms with Gasteiger partial charge in [0.2, 0.25) is 0 Å². The molecular formula is C17H11F2N3O2. The Labute approximate surface area is 135 Å². The monoisotopic (exact) mass is 327 g/mol. The third kappa shape index (κ3) is 3.52. The molecule has 0 aliphatic heterocycles.